The maximum absolute atomic E-state index is 6.20. The molecule has 0 aliphatic carbocycles. The molecule has 0 radical (unpaired) electrons. The molecule has 0 saturated carbocycles. The van der Waals surface area contributed by atoms with Gasteiger partial charge in [0.1, 0.15) is 0 Å². The van der Waals surface area contributed by atoms with Gasteiger partial charge in [-0.15, -0.1) is 0 Å². The number of rotatable bonds is 7. The fraction of sp³-hybridized carbons (Fsp3) is 0.625. The van der Waals surface area contributed by atoms with E-state index in [2.05, 4.69) is 30.3 Å². The minimum absolute atomic E-state index is 0.413. The molecule has 0 aromatic heterocycles. The third-order valence-corrected chi connectivity index (χ3v) is 4.33. The van der Waals surface area contributed by atoms with Crippen LogP contribution in [0.1, 0.15) is 25.3 Å². The molecule has 112 valence electrons. The van der Waals surface area contributed by atoms with Crippen LogP contribution in [0.5, 0.6) is 0 Å². The highest BCUT2D eigenvalue weighted by molar-refractivity contribution is 6.31. The van der Waals surface area contributed by atoms with Crippen LogP contribution >= 0.6 is 11.6 Å². The second-order valence-electron chi connectivity index (χ2n) is 5.65. The van der Waals surface area contributed by atoms with Crippen LogP contribution in [-0.4, -0.2) is 43.8 Å². The van der Waals surface area contributed by atoms with Gasteiger partial charge >= 0.3 is 0 Å². The van der Waals surface area contributed by atoms with Gasteiger partial charge in [-0.25, -0.2) is 0 Å². The quantitative estimate of drug-likeness (QED) is 0.837. The third kappa shape index (κ3) is 4.74. The van der Waals surface area contributed by atoms with E-state index in [1.807, 2.05) is 18.2 Å². The predicted octanol–water partition coefficient (Wildman–Crippen LogP) is 2.93. The lowest BCUT2D eigenvalue weighted by Crippen LogP contribution is -2.39. The maximum atomic E-state index is 6.20. The van der Waals surface area contributed by atoms with Crippen LogP contribution in [0.25, 0.3) is 0 Å². The average molecular weight is 297 g/mol. The first-order valence-corrected chi connectivity index (χ1v) is 7.80. The summed E-state index contributed by atoms with van der Waals surface area (Å²) in [6, 6.07) is 8.51. The van der Waals surface area contributed by atoms with Gasteiger partial charge in [0.05, 0.1) is 6.10 Å². The zero-order valence-corrected chi connectivity index (χ0v) is 13.2. The van der Waals surface area contributed by atoms with Crippen molar-refractivity contribution in [1.82, 2.24) is 10.2 Å². The largest absolute Gasteiger partial charge is 0.377 e. The SMILES string of the molecule is CC(CNCC1CCCO1)N(C)Cc1ccccc1Cl. The molecular formula is C16H25ClN2O. The number of halogens is 1. The summed E-state index contributed by atoms with van der Waals surface area (Å²) in [6.07, 6.45) is 2.81. The fourth-order valence-electron chi connectivity index (χ4n) is 2.47. The second kappa shape index (κ2) is 7.99. The van der Waals surface area contributed by atoms with Gasteiger partial charge in [0, 0.05) is 37.3 Å². The lowest BCUT2D eigenvalue weighted by atomic mass is 10.2. The topological polar surface area (TPSA) is 24.5 Å². The molecule has 2 rings (SSSR count). The van der Waals surface area contributed by atoms with Crippen molar-refractivity contribution in [1.29, 1.82) is 0 Å². The van der Waals surface area contributed by atoms with Crippen molar-refractivity contribution in [2.45, 2.75) is 38.5 Å². The van der Waals surface area contributed by atoms with E-state index in [1.54, 1.807) is 0 Å². The third-order valence-electron chi connectivity index (χ3n) is 3.97. The van der Waals surface area contributed by atoms with E-state index in [0.717, 1.165) is 31.3 Å². The molecule has 1 fully saturated rings. The van der Waals surface area contributed by atoms with Crippen LogP contribution in [0.2, 0.25) is 5.02 Å². The number of nitrogens with one attached hydrogen (secondary N) is 1. The Hall–Kier alpha value is -0.610. The van der Waals surface area contributed by atoms with Gasteiger partial charge in [0.25, 0.3) is 0 Å². The highest BCUT2D eigenvalue weighted by Crippen LogP contribution is 2.17. The number of likely N-dealkylation sites (N-methyl/N-ethyl adjacent to an activating group) is 1. The Bertz CT molecular complexity index is 407. The molecule has 0 spiro atoms. The van der Waals surface area contributed by atoms with Crippen molar-refractivity contribution in [3.63, 3.8) is 0 Å². The first-order chi connectivity index (χ1) is 9.66. The molecule has 4 heteroatoms. The first kappa shape index (κ1) is 15.8. The molecular weight excluding hydrogens is 272 g/mol. The number of ether oxygens (including phenoxy) is 1. The molecule has 0 bridgehead atoms. The molecule has 1 aromatic carbocycles. The van der Waals surface area contributed by atoms with Crippen molar-refractivity contribution < 1.29 is 4.74 Å². The molecule has 1 aliphatic rings. The van der Waals surface area contributed by atoms with Gasteiger partial charge < -0.3 is 10.1 Å². The molecule has 1 N–H and O–H groups in total. The van der Waals surface area contributed by atoms with Gasteiger partial charge in [-0.3, -0.25) is 4.90 Å². The number of hydrogen-bond donors (Lipinski definition) is 1. The Balaban J connectivity index is 1.71. The Morgan fingerprint density at radius 1 is 1.45 bits per heavy atom. The van der Waals surface area contributed by atoms with Crippen LogP contribution in [-0.2, 0) is 11.3 Å². The number of benzene rings is 1. The standard InChI is InChI=1S/C16H25ClN2O/c1-13(10-18-11-15-7-5-9-20-15)19(2)12-14-6-3-4-8-16(14)17/h3-4,6,8,13,15,18H,5,7,9-12H2,1-2H3. The highest BCUT2D eigenvalue weighted by Gasteiger charge is 2.16. The predicted molar refractivity (Wildman–Crippen MR) is 84.2 cm³/mol. The lowest BCUT2D eigenvalue weighted by Gasteiger charge is -2.26. The van der Waals surface area contributed by atoms with Crippen LogP contribution in [0.15, 0.2) is 24.3 Å². The van der Waals surface area contributed by atoms with E-state index < -0.39 is 0 Å². The summed E-state index contributed by atoms with van der Waals surface area (Å²) < 4.78 is 5.61. The lowest BCUT2D eigenvalue weighted by molar-refractivity contribution is 0.108. The molecule has 1 heterocycles. The van der Waals surface area contributed by atoms with E-state index in [0.29, 0.717) is 12.1 Å². The van der Waals surface area contributed by atoms with E-state index in [4.69, 9.17) is 16.3 Å². The molecule has 2 atom stereocenters. The zero-order chi connectivity index (χ0) is 14.4. The minimum Gasteiger partial charge on any atom is -0.377 e. The molecule has 1 saturated heterocycles. The summed E-state index contributed by atoms with van der Waals surface area (Å²) in [5.41, 5.74) is 1.18. The van der Waals surface area contributed by atoms with E-state index in [1.165, 1.54) is 18.4 Å². The molecule has 1 aliphatic heterocycles. The molecule has 3 nitrogen and oxygen atoms in total. The number of nitrogens with zero attached hydrogens (tertiary/aromatic N) is 1. The van der Waals surface area contributed by atoms with Crippen molar-refractivity contribution >= 4 is 11.6 Å². The van der Waals surface area contributed by atoms with Gasteiger partial charge in [-0.1, -0.05) is 29.8 Å². The number of hydrogen-bond acceptors (Lipinski definition) is 3. The van der Waals surface area contributed by atoms with Crippen molar-refractivity contribution in [2.24, 2.45) is 0 Å². The molecule has 20 heavy (non-hydrogen) atoms. The van der Waals surface area contributed by atoms with Gasteiger partial charge in [-0.05, 0) is 38.4 Å². The summed E-state index contributed by atoms with van der Waals surface area (Å²) in [5.74, 6) is 0. The van der Waals surface area contributed by atoms with E-state index in [-0.39, 0.29) is 0 Å². The van der Waals surface area contributed by atoms with Crippen LogP contribution in [0, 0.1) is 0 Å². The van der Waals surface area contributed by atoms with Crippen LogP contribution < -0.4 is 5.32 Å². The normalized spacial score (nSPS) is 20.5. The zero-order valence-electron chi connectivity index (χ0n) is 12.4. The van der Waals surface area contributed by atoms with Gasteiger partial charge in [0.15, 0.2) is 0 Å². The molecule has 2 unspecified atom stereocenters. The summed E-state index contributed by atoms with van der Waals surface area (Å²) in [6.45, 7) is 5.97. The highest BCUT2D eigenvalue weighted by atomic mass is 35.5. The maximum Gasteiger partial charge on any atom is 0.0700 e. The Labute approximate surface area is 127 Å². The second-order valence-corrected chi connectivity index (χ2v) is 6.06. The van der Waals surface area contributed by atoms with Gasteiger partial charge in [-0.2, -0.15) is 0 Å². The average Bonchev–Trinajstić information content (AvgIpc) is 2.94. The van der Waals surface area contributed by atoms with Crippen LogP contribution in [0.3, 0.4) is 0 Å². The minimum atomic E-state index is 0.413. The van der Waals surface area contributed by atoms with E-state index in [9.17, 15) is 0 Å². The summed E-state index contributed by atoms with van der Waals surface area (Å²) >= 11 is 6.20. The smallest absolute Gasteiger partial charge is 0.0700 e. The summed E-state index contributed by atoms with van der Waals surface area (Å²) in [4.78, 5) is 2.32. The fourth-order valence-corrected chi connectivity index (χ4v) is 2.66. The summed E-state index contributed by atoms with van der Waals surface area (Å²) in [7, 11) is 2.14. The van der Waals surface area contributed by atoms with Crippen molar-refractivity contribution in [3.05, 3.63) is 34.9 Å². The first-order valence-electron chi connectivity index (χ1n) is 7.43. The van der Waals surface area contributed by atoms with Gasteiger partial charge in [0.2, 0.25) is 0 Å². The van der Waals surface area contributed by atoms with Crippen molar-refractivity contribution in [2.75, 3.05) is 26.7 Å². The summed E-state index contributed by atoms with van der Waals surface area (Å²) in [5, 5.41) is 4.35. The molecule has 0 amide bonds. The monoisotopic (exact) mass is 296 g/mol. The molecule has 1 aromatic rings. The Morgan fingerprint density at radius 2 is 2.25 bits per heavy atom. The Morgan fingerprint density at radius 3 is 2.95 bits per heavy atom. The van der Waals surface area contributed by atoms with Crippen molar-refractivity contribution in [3.8, 4) is 0 Å². The van der Waals surface area contributed by atoms with E-state index >= 15 is 0 Å². The van der Waals surface area contributed by atoms with Crippen LogP contribution in [0.4, 0.5) is 0 Å². The Kier molecular flexibility index (Phi) is 6.30.